The van der Waals surface area contributed by atoms with E-state index in [1.54, 1.807) is 17.9 Å². The number of ether oxygens (including phenoxy) is 2. The molecule has 0 radical (unpaired) electrons. The molecule has 2 aromatic carbocycles. The number of aromatic nitrogens is 2. The van der Waals surface area contributed by atoms with E-state index in [9.17, 15) is 13.2 Å². The number of amides is 1. The van der Waals surface area contributed by atoms with Gasteiger partial charge >= 0.3 is 0 Å². The van der Waals surface area contributed by atoms with Crippen LogP contribution in [0.5, 0.6) is 11.5 Å². The molecule has 1 aromatic heterocycles. The average Bonchev–Trinajstić information content (AvgIpc) is 3.34. The molecule has 1 amide bonds. The van der Waals surface area contributed by atoms with Crippen molar-refractivity contribution in [1.82, 2.24) is 9.78 Å². The van der Waals surface area contributed by atoms with Crippen molar-refractivity contribution < 1.29 is 22.7 Å². The molecule has 0 saturated carbocycles. The van der Waals surface area contributed by atoms with Crippen molar-refractivity contribution in [2.45, 2.75) is 26.3 Å². The Morgan fingerprint density at radius 1 is 1.09 bits per heavy atom. The molecule has 33 heavy (non-hydrogen) atoms. The van der Waals surface area contributed by atoms with Gasteiger partial charge in [-0.05, 0) is 67.8 Å². The lowest BCUT2D eigenvalue weighted by molar-refractivity contribution is -0.118. The van der Waals surface area contributed by atoms with Crippen molar-refractivity contribution in [3.63, 3.8) is 0 Å². The standard InChI is InChI=1S/C24H27N3O5S/c1-16-10-17(2)12-21(11-16)32-14-24(28)25-23-13-22(18-4-6-20(31-3)7-5-18)26-27(23)19-8-9-33(29,30)15-19/h4-7,10-13,19H,8-9,14-15H2,1-3H3,(H,25,28)/t19-/m1/s1. The highest BCUT2D eigenvalue weighted by atomic mass is 32.2. The summed E-state index contributed by atoms with van der Waals surface area (Å²) in [5, 5.41) is 7.48. The summed E-state index contributed by atoms with van der Waals surface area (Å²) in [5.41, 5.74) is 3.56. The minimum atomic E-state index is -3.12. The van der Waals surface area contributed by atoms with E-state index in [0.29, 0.717) is 23.7 Å². The first-order valence-electron chi connectivity index (χ1n) is 10.7. The van der Waals surface area contributed by atoms with Crippen molar-refractivity contribution in [2.24, 2.45) is 0 Å². The number of benzene rings is 2. The second-order valence-corrected chi connectivity index (χ2v) is 10.5. The first kappa shape index (κ1) is 22.8. The van der Waals surface area contributed by atoms with E-state index in [4.69, 9.17) is 9.47 Å². The summed E-state index contributed by atoms with van der Waals surface area (Å²) < 4.78 is 36.6. The summed E-state index contributed by atoms with van der Waals surface area (Å²) in [4.78, 5) is 12.7. The van der Waals surface area contributed by atoms with E-state index in [-0.39, 0.29) is 30.1 Å². The number of anilines is 1. The number of nitrogens with one attached hydrogen (secondary N) is 1. The highest BCUT2D eigenvalue weighted by Gasteiger charge is 2.31. The number of hydrogen-bond acceptors (Lipinski definition) is 6. The van der Waals surface area contributed by atoms with Gasteiger partial charge in [0, 0.05) is 11.6 Å². The van der Waals surface area contributed by atoms with Gasteiger partial charge in [0.2, 0.25) is 0 Å². The molecule has 174 valence electrons. The van der Waals surface area contributed by atoms with Crippen LogP contribution in [0.15, 0.2) is 48.5 Å². The molecule has 1 saturated heterocycles. The third-order valence-electron chi connectivity index (χ3n) is 5.51. The Bertz CT molecular complexity index is 1250. The molecule has 8 nitrogen and oxygen atoms in total. The van der Waals surface area contributed by atoms with E-state index < -0.39 is 9.84 Å². The zero-order chi connectivity index (χ0) is 23.6. The molecule has 1 N–H and O–H groups in total. The van der Waals surface area contributed by atoms with Gasteiger partial charge in [0.05, 0.1) is 30.4 Å². The predicted molar refractivity (Wildman–Crippen MR) is 127 cm³/mol. The number of aryl methyl sites for hydroxylation is 2. The van der Waals surface area contributed by atoms with Gasteiger partial charge in [0.1, 0.15) is 17.3 Å². The van der Waals surface area contributed by atoms with Crippen molar-refractivity contribution in [3.8, 4) is 22.8 Å². The summed E-state index contributed by atoms with van der Waals surface area (Å²) in [6.07, 6.45) is 0.452. The van der Waals surface area contributed by atoms with Crippen LogP contribution in [0.2, 0.25) is 0 Å². The molecule has 9 heteroatoms. The van der Waals surface area contributed by atoms with Crippen LogP contribution < -0.4 is 14.8 Å². The summed E-state index contributed by atoms with van der Waals surface area (Å²) in [7, 11) is -1.53. The Morgan fingerprint density at radius 2 is 1.79 bits per heavy atom. The van der Waals surface area contributed by atoms with Crippen LogP contribution in [-0.4, -0.2) is 49.3 Å². The summed E-state index contributed by atoms with van der Waals surface area (Å²) in [6, 6.07) is 14.6. The van der Waals surface area contributed by atoms with Crippen LogP contribution in [0.1, 0.15) is 23.6 Å². The maximum absolute atomic E-state index is 12.7. The first-order chi connectivity index (χ1) is 15.7. The fraction of sp³-hybridized carbons (Fsp3) is 0.333. The number of hydrogen-bond donors (Lipinski definition) is 1. The zero-order valence-corrected chi connectivity index (χ0v) is 19.7. The highest BCUT2D eigenvalue weighted by molar-refractivity contribution is 7.91. The monoisotopic (exact) mass is 469 g/mol. The number of carbonyl (C=O) groups is 1. The van der Waals surface area contributed by atoms with Crippen molar-refractivity contribution >= 4 is 21.6 Å². The summed E-state index contributed by atoms with van der Waals surface area (Å²) in [6.45, 7) is 3.76. The quantitative estimate of drug-likeness (QED) is 0.568. The van der Waals surface area contributed by atoms with E-state index in [0.717, 1.165) is 22.4 Å². The normalized spacial score (nSPS) is 17.0. The van der Waals surface area contributed by atoms with Gasteiger partial charge < -0.3 is 14.8 Å². The second kappa shape index (κ2) is 9.27. The van der Waals surface area contributed by atoms with Gasteiger partial charge in [0.15, 0.2) is 16.4 Å². The van der Waals surface area contributed by atoms with Gasteiger partial charge in [-0.25, -0.2) is 13.1 Å². The Morgan fingerprint density at radius 3 is 2.39 bits per heavy atom. The van der Waals surface area contributed by atoms with E-state index in [1.807, 2.05) is 56.3 Å². The molecule has 0 aliphatic carbocycles. The van der Waals surface area contributed by atoms with E-state index in [1.165, 1.54) is 0 Å². The summed E-state index contributed by atoms with van der Waals surface area (Å²) in [5.74, 6) is 1.54. The first-order valence-corrected chi connectivity index (χ1v) is 12.5. The molecule has 1 aliphatic rings. The maximum atomic E-state index is 12.7. The van der Waals surface area contributed by atoms with Crippen LogP contribution in [-0.2, 0) is 14.6 Å². The Labute approximate surface area is 193 Å². The minimum absolute atomic E-state index is 0.00132. The predicted octanol–water partition coefficient (Wildman–Crippen LogP) is 3.55. The van der Waals surface area contributed by atoms with Gasteiger partial charge in [0.25, 0.3) is 5.91 Å². The van der Waals surface area contributed by atoms with E-state index in [2.05, 4.69) is 10.4 Å². The minimum Gasteiger partial charge on any atom is -0.497 e. The van der Waals surface area contributed by atoms with Crippen molar-refractivity contribution in [2.75, 3.05) is 30.5 Å². The number of carbonyl (C=O) groups excluding carboxylic acids is 1. The van der Waals surface area contributed by atoms with E-state index >= 15 is 0 Å². The molecule has 1 fully saturated rings. The zero-order valence-electron chi connectivity index (χ0n) is 18.9. The molecule has 3 aromatic rings. The van der Waals surface area contributed by atoms with Crippen molar-refractivity contribution in [3.05, 3.63) is 59.7 Å². The van der Waals surface area contributed by atoms with Crippen LogP contribution >= 0.6 is 0 Å². The third-order valence-corrected chi connectivity index (χ3v) is 7.26. The van der Waals surface area contributed by atoms with Gasteiger partial charge in [-0.2, -0.15) is 5.10 Å². The smallest absolute Gasteiger partial charge is 0.263 e. The van der Waals surface area contributed by atoms with Crippen LogP contribution in [0.3, 0.4) is 0 Å². The second-order valence-electron chi connectivity index (χ2n) is 8.31. The Hall–Kier alpha value is -3.33. The topological polar surface area (TPSA) is 99.5 Å². The lowest BCUT2D eigenvalue weighted by atomic mass is 10.1. The number of methoxy groups -OCH3 is 1. The molecule has 2 heterocycles. The molecular weight excluding hydrogens is 442 g/mol. The molecular formula is C24H27N3O5S. The van der Waals surface area contributed by atoms with Crippen LogP contribution in [0.4, 0.5) is 5.82 Å². The lowest BCUT2D eigenvalue weighted by Crippen LogP contribution is -2.23. The van der Waals surface area contributed by atoms with Crippen LogP contribution in [0.25, 0.3) is 11.3 Å². The fourth-order valence-corrected chi connectivity index (χ4v) is 5.67. The number of rotatable bonds is 7. The molecule has 1 aliphatic heterocycles. The molecule has 0 bridgehead atoms. The molecule has 0 unspecified atom stereocenters. The van der Waals surface area contributed by atoms with Gasteiger partial charge in [-0.3, -0.25) is 4.79 Å². The number of nitrogens with zero attached hydrogens (tertiary/aromatic N) is 2. The SMILES string of the molecule is COc1ccc(-c2cc(NC(=O)COc3cc(C)cc(C)c3)n([C@@H]3CCS(=O)(=O)C3)n2)cc1. The van der Waals surface area contributed by atoms with Crippen molar-refractivity contribution in [1.29, 1.82) is 0 Å². The largest absolute Gasteiger partial charge is 0.497 e. The maximum Gasteiger partial charge on any atom is 0.263 e. The Kier molecular flexibility index (Phi) is 6.42. The average molecular weight is 470 g/mol. The lowest BCUT2D eigenvalue weighted by Gasteiger charge is -2.14. The molecule has 1 atom stereocenters. The Balaban J connectivity index is 1.55. The molecule has 0 spiro atoms. The van der Waals surface area contributed by atoms with Crippen LogP contribution in [0, 0.1) is 13.8 Å². The molecule has 4 rings (SSSR count). The number of sulfone groups is 1. The third kappa shape index (κ3) is 5.54. The summed E-state index contributed by atoms with van der Waals surface area (Å²) >= 11 is 0. The highest BCUT2D eigenvalue weighted by Crippen LogP contribution is 2.31. The fourth-order valence-electron chi connectivity index (χ4n) is 3.98. The van der Waals surface area contributed by atoms with Gasteiger partial charge in [-0.15, -0.1) is 0 Å². The van der Waals surface area contributed by atoms with Gasteiger partial charge in [-0.1, -0.05) is 6.07 Å².